The fourth-order valence-corrected chi connectivity index (χ4v) is 2.92. The van der Waals surface area contributed by atoms with Crippen LogP contribution in [0.25, 0.3) is 0 Å². The average molecular weight is 320 g/mol. The molecule has 6 heteroatoms. The van der Waals surface area contributed by atoms with Gasteiger partial charge in [-0.1, -0.05) is 12.1 Å². The molecule has 1 aromatic carbocycles. The molecule has 2 rings (SSSR count). The van der Waals surface area contributed by atoms with Gasteiger partial charge in [-0.3, -0.25) is 9.59 Å². The Kier molecular flexibility index (Phi) is 5.38. The molecule has 0 unspecified atom stereocenters. The maximum atomic E-state index is 13.4. The fourth-order valence-electron chi connectivity index (χ4n) is 2.11. The molecule has 0 spiro atoms. The van der Waals surface area contributed by atoms with Crippen molar-refractivity contribution >= 4 is 17.7 Å². The van der Waals surface area contributed by atoms with E-state index in [0.29, 0.717) is 28.5 Å². The van der Waals surface area contributed by atoms with Gasteiger partial charge in [0.2, 0.25) is 0 Å². The van der Waals surface area contributed by atoms with Crippen LogP contribution in [0, 0.1) is 19.7 Å². The molecule has 0 atom stereocenters. The van der Waals surface area contributed by atoms with Crippen LogP contribution < -0.4 is 10.9 Å². The minimum Gasteiger partial charge on any atom is -0.351 e. The molecule has 2 N–H and O–H groups in total. The highest BCUT2D eigenvalue weighted by Crippen LogP contribution is 2.20. The number of benzene rings is 1. The number of amides is 1. The number of halogens is 1. The Balaban J connectivity index is 1.92. The standard InChI is InChI=1S/C16H17FN2O2S/c1-10-9-11(2)19-16(21)14(10)15(20)18-7-8-22-13-6-4-3-5-12(13)17/h3-6,9H,7-8H2,1-2H3,(H,18,20)(H,19,21). The van der Waals surface area contributed by atoms with Crippen molar-refractivity contribution in [2.75, 3.05) is 12.3 Å². The van der Waals surface area contributed by atoms with Crippen molar-refractivity contribution in [1.29, 1.82) is 0 Å². The maximum Gasteiger partial charge on any atom is 0.261 e. The number of aromatic nitrogens is 1. The summed E-state index contributed by atoms with van der Waals surface area (Å²) in [4.78, 5) is 27.0. The molecular weight excluding hydrogens is 303 g/mol. The van der Waals surface area contributed by atoms with Gasteiger partial charge in [0.1, 0.15) is 11.4 Å². The van der Waals surface area contributed by atoms with E-state index in [4.69, 9.17) is 0 Å². The van der Waals surface area contributed by atoms with Crippen molar-refractivity contribution in [3.63, 3.8) is 0 Å². The van der Waals surface area contributed by atoms with Gasteiger partial charge in [0, 0.05) is 22.9 Å². The number of hydrogen-bond acceptors (Lipinski definition) is 3. The van der Waals surface area contributed by atoms with Crippen molar-refractivity contribution in [2.24, 2.45) is 0 Å². The SMILES string of the molecule is Cc1cc(C)c(C(=O)NCCSc2ccccc2F)c(=O)[nH]1. The van der Waals surface area contributed by atoms with Gasteiger partial charge in [0.25, 0.3) is 11.5 Å². The predicted octanol–water partition coefficient (Wildman–Crippen LogP) is 2.65. The number of H-pyrrole nitrogens is 1. The van der Waals surface area contributed by atoms with Gasteiger partial charge in [-0.25, -0.2) is 4.39 Å². The number of rotatable bonds is 5. The minimum atomic E-state index is -0.409. The Hall–Kier alpha value is -2.08. The van der Waals surface area contributed by atoms with E-state index < -0.39 is 11.5 Å². The lowest BCUT2D eigenvalue weighted by Gasteiger charge is -2.08. The Labute approximate surface area is 132 Å². The van der Waals surface area contributed by atoms with Gasteiger partial charge in [-0.05, 0) is 37.6 Å². The number of thioether (sulfide) groups is 1. The monoisotopic (exact) mass is 320 g/mol. The first-order chi connectivity index (χ1) is 10.5. The number of carbonyl (C=O) groups is 1. The summed E-state index contributed by atoms with van der Waals surface area (Å²) in [5, 5.41) is 2.69. The number of pyridine rings is 1. The van der Waals surface area contributed by atoms with Crippen LogP contribution in [0.2, 0.25) is 0 Å². The van der Waals surface area contributed by atoms with Crippen LogP contribution in [0.15, 0.2) is 40.0 Å². The first kappa shape index (κ1) is 16.3. The topological polar surface area (TPSA) is 62.0 Å². The zero-order chi connectivity index (χ0) is 16.1. The minimum absolute atomic E-state index is 0.126. The van der Waals surface area contributed by atoms with E-state index in [2.05, 4.69) is 10.3 Å². The van der Waals surface area contributed by atoms with E-state index in [0.717, 1.165) is 0 Å². The van der Waals surface area contributed by atoms with Crippen LogP contribution >= 0.6 is 11.8 Å². The molecule has 1 heterocycles. The first-order valence-electron chi connectivity index (χ1n) is 6.85. The molecule has 0 fully saturated rings. The van der Waals surface area contributed by atoms with Crippen LogP contribution in [-0.4, -0.2) is 23.2 Å². The highest BCUT2D eigenvalue weighted by Gasteiger charge is 2.13. The normalized spacial score (nSPS) is 10.5. The van der Waals surface area contributed by atoms with Crippen molar-refractivity contribution in [3.8, 4) is 0 Å². The quantitative estimate of drug-likeness (QED) is 0.658. The molecule has 0 radical (unpaired) electrons. The summed E-state index contributed by atoms with van der Waals surface area (Å²) < 4.78 is 13.4. The second-order valence-electron chi connectivity index (χ2n) is 4.87. The van der Waals surface area contributed by atoms with Crippen LogP contribution in [0.3, 0.4) is 0 Å². The third-order valence-electron chi connectivity index (χ3n) is 3.07. The van der Waals surface area contributed by atoms with E-state index in [1.165, 1.54) is 17.8 Å². The van der Waals surface area contributed by atoms with Crippen molar-refractivity contribution in [3.05, 3.63) is 63.3 Å². The van der Waals surface area contributed by atoms with Crippen LogP contribution in [0.5, 0.6) is 0 Å². The molecule has 0 aliphatic rings. The molecule has 0 aliphatic heterocycles. The highest BCUT2D eigenvalue weighted by atomic mass is 32.2. The molecule has 0 aliphatic carbocycles. The lowest BCUT2D eigenvalue weighted by Crippen LogP contribution is -2.32. The molecule has 1 aromatic heterocycles. The van der Waals surface area contributed by atoms with Gasteiger partial charge >= 0.3 is 0 Å². The van der Waals surface area contributed by atoms with Gasteiger partial charge in [0.05, 0.1) is 0 Å². The fraction of sp³-hybridized carbons (Fsp3) is 0.250. The summed E-state index contributed by atoms with van der Waals surface area (Å²) in [6.45, 7) is 3.84. The molecular formula is C16H17FN2O2S. The van der Waals surface area contributed by atoms with E-state index in [1.807, 2.05) is 0 Å². The zero-order valence-corrected chi connectivity index (χ0v) is 13.2. The Morgan fingerprint density at radius 2 is 2.05 bits per heavy atom. The lowest BCUT2D eigenvalue weighted by atomic mass is 10.1. The lowest BCUT2D eigenvalue weighted by molar-refractivity contribution is 0.0954. The third kappa shape index (κ3) is 3.98. The van der Waals surface area contributed by atoms with Crippen molar-refractivity contribution < 1.29 is 9.18 Å². The molecule has 0 saturated heterocycles. The number of carbonyl (C=O) groups excluding carboxylic acids is 1. The van der Waals surface area contributed by atoms with Crippen molar-refractivity contribution in [2.45, 2.75) is 18.7 Å². The van der Waals surface area contributed by atoms with Gasteiger partial charge in [0.15, 0.2) is 0 Å². The molecule has 1 amide bonds. The maximum absolute atomic E-state index is 13.4. The van der Waals surface area contributed by atoms with Gasteiger partial charge in [-0.15, -0.1) is 11.8 Å². The second kappa shape index (κ2) is 7.26. The number of nitrogens with one attached hydrogen (secondary N) is 2. The summed E-state index contributed by atoms with van der Waals surface area (Å²) in [5.74, 6) is -0.160. The van der Waals surface area contributed by atoms with Crippen LogP contribution in [0.4, 0.5) is 4.39 Å². The first-order valence-corrected chi connectivity index (χ1v) is 7.83. The summed E-state index contributed by atoms with van der Waals surface area (Å²) in [6.07, 6.45) is 0. The van der Waals surface area contributed by atoms with E-state index >= 15 is 0 Å². The number of hydrogen-bond donors (Lipinski definition) is 2. The molecule has 116 valence electrons. The van der Waals surface area contributed by atoms with E-state index in [9.17, 15) is 14.0 Å². The summed E-state index contributed by atoms with van der Waals surface area (Å²) >= 11 is 1.32. The average Bonchev–Trinajstić information content (AvgIpc) is 2.44. The van der Waals surface area contributed by atoms with Crippen molar-refractivity contribution in [1.82, 2.24) is 10.3 Å². The molecule has 22 heavy (non-hydrogen) atoms. The second-order valence-corrected chi connectivity index (χ2v) is 6.01. The Bertz CT molecular complexity index is 743. The van der Waals surface area contributed by atoms with Crippen LogP contribution in [0.1, 0.15) is 21.6 Å². The summed E-state index contributed by atoms with van der Waals surface area (Å²) in [7, 11) is 0. The summed E-state index contributed by atoms with van der Waals surface area (Å²) in [6, 6.07) is 8.24. The largest absolute Gasteiger partial charge is 0.351 e. The smallest absolute Gasteiger partial charge is 0.261 e. The van der Waals surface area contributed by atoms with E-state index in [1.54, 1.807) is 38.1 Å². The predicted molar refractivity (Wildman–Crippen MR) is 86.0 cm³/mol. The molecule has 4 nitrogen and oxygen atoms in total. The highest BCUT2D eigenvalue weighted by molar-refractivity contribution is 7.99. The zero-order valence-electron chi connectivity index (χ0n) is 12.4. The Morgan fingerprint density at radius 3 is 2.73 bits per heavy atom. The van der Waals surface area contributed by atoms with Crippen LogP contribution in [-0.2, 0) is 0 Å². The number of aryl methyl sites for hydroxylation is 2. The summed E-state index contributed by atoms with van der Waals surface area (Å²) in [5.41, 5.74) is 1.09. The molecule has 0 bridgehead atoms. The Morgan fingerprint density at radius 1 is 1.32 bits per heavy atom. The number of aromatic amines is 1. The molecule has 0 saturated carbocycles. The van der Waals surface area contributed by atoms with Gasteiger partial charge < -0.3 is 10.3 Å². The van der Waals surface area contributed by atoms with Gasteiger partial charge in [-0.2, -0.15) is 0 Å². The molecule has 2 aromatic rings. The third-order valence-corrected chi connectivity index (χ3v) is 4.12. The van der Waals surface area contributed by atoms with E-state index in [-0.39, 0.29) is 11.4 Å².